The first-order valence-corrected chi connectivity index (χ1v) is 14.2. The van der Waals surface area contributed by atoms with Gasteiger partial charge in [-0.15, -0.1) is 0 Å². The molecule has 42 heavy (non-hydrogen) atoms. The maximum absolute atomic E-state index is 14.0. The summed E-state index contributed by atoms with van der Waals surface area (Å²) in [4.78, 5) is 30.5. The third-order valence-corrected chi connectivity index (χ3v) is 7.84. The maximum atomic E-state index is 14.0. The number of hydrogen-bond acceptors (Lipinski definition) is 6. The summed E-state index contributed by atoms with van der Waals surface area (Å²) in [7, 11) is 0. The van der Waals surface area contributed by atoms with E-state index in [2.05, 4.69) is 20.8 Å². The standard InChI is InChI=1S/C28H35F4N7O3/c1-16(2)39-21(7-10-33-39)27(41)37-26(18-5-8-28(31,32)9-6-18)20-13-38-23(35-20)11-19(12-34-38)25(17-3-4-17)36-24(40)15-42-14-22(29)30/h7,10-13,16-18,22,25-26H,3-6,8-9,14-15H2,1-2H3,(H,36,40)(H,37,41)/t25?,26-/m0/s1. The summed E-state index contributed by atoms with van der Waals surface area (Å²) in [6.07, 6.45) is 3.85. The van der Waals surface area contributed by atoms with E-state index < -0.39 is 43.6 Å². The summed E-state index contributed by atoms with van der Waals surface area (Å²) in [5.74, 6) is -3.71. The predicted molar refractivity (Wildman–Crippen MR) is 143 cm³/mol. The topological polar surface area (TPSA) is 115 Å². The number of halogens is 4. The zero-order valence-electron chi connectivity index (χ0n) is 23.5. The van der Waals surface area contributed by atoms with Gasteiger partial charge >= 0.3 is 0 Å². The Labute approximate surface area is 240 Å². The molecule has 3 aromatic heterocycles. The van der Waals surface area contributed by atoms with Crippen LogP contribution in [0.5, 0.6) is 0 Å². The highest BCUT2D eigenvalue weighted by atomic mass is 19.3. The molecular weight excluding hydrogens is 558 g/mol. The number of carbonyl (C=O) groups excluding carboxylic acids is 2. The molecule has 2 aliphatic carbocycles. The van der Waals surface area contributed by atoms with Gasteiger partial charge in [0.1, 0.15) is 18.9 Å². The zero-order chi connectivity index (χ0) is 30.0. The molecule has 2 saturated carbocycles. The Morgan fingerprint density at radius 1 is 1.07 bits per heavy atom. The third kappa shape index (κ3) is 7.08. The van der Waals surface area contributed by atoms with E-state index in [0.29, 0.717) is 22.6 Å². The predicted octanol–water partition coefficient (Wildman–Crippen LogP) is 4.65. The molecule has 3 aromatic rings. The first-order chi connectivity index (χ1) is 20.0. The maximum Gasteiger partial charge on any atom is 0.270 e. The van der Waals surface area contributed by atoms with Gasteiger partial charge in [0.2, 0.25) is 11.8 Å². The molecule has 0 aromatic carbocycles. The van der Waals surface area contributed by atoms with Gasteiger partial charge in [0.05, 0.1) is 30.2 Å². The molecule has 2 fully saturated rings. The second-order valence-corrected chi connectivity index (χ2v) is 11.4. The Balaban J connectivity index is 1.39. The van der Waals surface area contributed by atoms with Crippen molar-refractivity contribution in [3.8, 4) is 0 Å². The molecule has 5 rings (SSSR count). The molecule has 1 unspecified atom stereocenters. The number of imidazole rings is 1. The summed E-state index contributed by atoms with van der Waals surface area (Å²) in [6.45, 7) is 2.52. The van der Waals surface area contributed by atoms with Crippen LogP contribution in [0.4, 0.5) is 17.6 Å². The minimum Gasteiger partial charge on any atom is -0.366 e. The number of amides is 2. The monoisotopic (exact) mass is 593 g/mol. The van der Waals surface area contributed by atoms with E-state index in [4.69, 9.17) is 9.72 Å². The minimum absolute atomic E-state index is 0.0545. The fourth-order valence-electron chi connectivity index (χ4n) is 5.54. The van der Waals surface area contributed by atoms with Crippen molar-refractivity contribution in [2.45, 2.75) is 82.8 Å². The van der Waals surface area contributed by atoms with Gasteiger partial charge in [-0.1, -0.05) is 0 Å². The van der Waals surface area contributed by atoms with Crippen molar-refractivity contribution in [3.05, 3.63) is 47.7 Å². The molecule has 228 valence electrons. The van der Waals surface area contributed by atoms with E-state index in [-0.39, 0.29) is 49.5 Å². The minimum atomic E-state index is -2.73. The van der Waals surface area contributed by atoms with Crippen LogP contribution in [0.2, 0.25) is 0 Å². The van der Waals surface area contributed by atoms with Crippen LogP contribution in [-0.2, 0) is 9.53 Å². The second kappa shape index (κ2) is 12.4. The molecule has 0 spiro atoms. The van der Waals surface area contributed by atoms with Crippen LogP contribution in [0.15, 0.2) is 30.7 Å². The molecule has 2 N–H and O–H groups in total. The molecule has 2 amide bonds. The van der Waals surface area contributed by atoms with Gasteiger partial charge < -0.3 is 15.4 Å². The van der Waals surface area contributed by atoms with Gasteiger partial charge in [0.15, 0.2) is 5.65 Å². The largest absolute Gasteiger partial charge is 0.366 e. The van der Waals surface area contributed by atoms with Crippen LogP contribution in [0.1, 0.15) is 92.2 Å². The van der Waals surface area contributed by atoms with E-state index in [1.165, 1.54) is 0 Å². The highest BCUT2D eigenvalue weighted by molar-refractivity contribution is 5.92. The van der Waals surface area contributed by atoms with E-state index in [0.717, 1.165) is 12.8 Å². The number of carbonyl (C=O) groups is 2. The number of rotatable bonds is 12. The Kier molecular flexibility index (Phi) is 8.81. The first-order valence-electron chi connectivity index (χ1n) is 14.2. The number of nitrogens with one attached hydrogen (secondary N) is 2. The van der Waals surface area contributed by atoms with Gasteiger partial charge in [-0.05, 0) is 69.1 Å². The van der Waals surface area contributed by atoms with E-state index in [9.17, 15) is 27.2 Å². The molecule has 0 bridgehead atoms. The summed E-state index contributed by atoms with van der Waals surface area (Å²) in [6, 6.07) is 2.31. The summed E-state index contributed by atoms with van der Waals surface area (Å²) in [5, 5.41) is 14.6. The zero-order valence-corrected chi connectivity index (χ0v) is 23.5. The van der Waals surface area contributed by atoms with Crippen molar-refractivity contribution in [3.63, 3.8) is 0 Å². The molecule has 3 heterocycles. The average Bonchev–Trinajstić information content (AvgIpc) is 3.48. The SMILES string of the molecule is CC(C)n1nccc1C(=O)N[C@H](c1cn2ncc(C(NC(=O)COCC(F)F)C3CC3)cc2n1)C1CCC(F)(F)CC1. The lowest BCUT2D eigenvalue weighted by Gasteiger charge is -2.33. The van der Waals surface area contributed by atoms with Crippen LogP contribution >= 0.6 is 0 Å². The van der Waals surface area contributed by atoms with Crippen LogP contribution in [0.25, 0.3) is 5.65 Å². The van der Waals surface area contributed by atoms with Crippen molar-refractivity contribution < 1.29 is 31.9 Å². The molecule has 0 aliphatic heterocycles. The quantitative estimate of drug-likeness (QED) is 0.296. The third-order valence-electron chi connectivity index (χ3n) is 7.84. The van der Waals surface area contributed by atoms with Crippen molar-refractivity contribution >= 4 is 17.5 Å². The number of fused-ring (bicyclic) bond motifs is 1. The molecular formula is C28H35F4N7O3. The number of alkyl halides is 4. The van der Waals surface area contributed by atoms with Crippen LogP contribution < -0.4 is 10.6 Å². The average molecular weight is 594 g/mol. The fourth-order valence-corrected chi connectivity index (χ4v) is 5.54. The Hall–Kier alpha value is -3.55. The van der Waals surface area contributed by atoms with Crippen molar-refractivity contribution in [1.29, 1.82) is 0 Å². The van der Waals surface area contributed by atoms with Gasteiger partial charge in [0.25, 0.3) is 12.3 Å². The molecule has 10 nitrogen and oxygen atoms in total. The van der Waals surface area contributed by atoms with Crippen LogP contribution in [0.3, 0.4) is 0 Å². The van der Waals surface area contributed by atoms with Crippen molar-refractivity contribution in [1.82, 2.24) is 35.0 Å². The second-order valence-electron chi connectivity index (χ2n) is 11.4. The Bertz CT molecular complexity index is 1400. The van der Waals surface area contributed by atoms with Crippen molar-refractivity contribution in [2.24, 2.45) is 11.8 Å². The lowest BCUT2D eigenvalue weighted by molar-refractivity contribution is -0.128. The van der Waals surface area contributed by atoms with Crippen molar-refractivity contribution in [2.75, 3.05) is 13.2 Å². The number of hydrogen-bond donors (Lipinski definition) is 2. The molecule has 0 radical (unpaired) electrons. The van der Waals surface area contributed by atoms with Crippen LogP contribution in [-0.4, -0.2) is 61.8 Å². The first kappa shape index (κ1) is 29.9. The normalized spacial score (nSPS) is 18.9. The van der Waals surface area contributed by atoms with E-state index >= 15 is 0 Å². The fraction of sp³-hybridized carbons (Fsp3) is 0.607. The van der Waals surface area contributed by atoms with Gasteiger partial charge in [-0.25, -0.2) is 27.1 Å². The van der Waals surface area contributed by atoms with Gasteiger partial charge in [0, 0.05) is 25.1 Å². The smallest absolute Gasteiger partial charge is 0.270 e. The molecule has 14 heteroatoms. The molecule has 2 aliphatic rings. The lowest BCUT2D eigenvalue weighted by atomic mass is 9.81. The number of aromatic nitrogens is 5. The summed E-state index contributed by atoms with van der Waals surface area (Å²) >= 11 is 0. The van der Waals surface area contributed by atoms with E-state index in [1.807, 2.05) is 13.8 Å². The Morgan fingerprint density at radius 2 is 1.79 bits per heavy atom. The lowest BCUT2D eigenvalue weighted by Crippen LogP contribution is -2.38. The highest BCUT2D eigenvalue weighted by Crippen LogP contribution is 2.42. The van der Waals surface area contributed by atoms with Gasteiger partial charge in [-0.2, -0.15) is 10.2 Å². The van der Waals surface area contributed by atoms with E-state index in [1.54, 1.807) is 39.9 Å². The molecule has 0 saturated heterocycles. The molecule has 2 atom stereocenters. The van der Waals surface area contributed by atoms with Gasteiger partial charge in [-0.3, -0.25) is 14.3 Å². The number of ether oxygens (including phenoxy) is 1. The Morgan fingerprint density at radius 3 is 2.45 bits per heavy atom. The highest BCUT2D eigenvalue weighted by Gasteiger charge is 2.40. The summed E-state index contributed by atoms with van der Waals surface area (Å²) < 4.78 is 60.7. The number of nitrogens with zero attached hydrogens (tertiary/aromatic N) is 5. The summed E-state index contributed by atoms with van der Waals surface area (Å²) in [5.41, 5.74) is 2.01. The van der Waals surface area contributed by atoms with Crippen LogP contribution in [0, 0.1) is 11.8 Å².